The fourth-order valence-corrected chi connectivity index (χ4v) is 3.18. The van der Waals surface area contributed by atoms with E-state index in [0.29, 0.717) is 31.0 Å². The highest BCUT2D eigenvalue weighted by molar-refractivity contribution is 7.80. The van der Waals surface area contributed by atoms with Crippen molar-refractivity contribution in [3.05, 3.63) is 0 Å². The molecule has 3 N–H and O–H groups in total. The highest BCUT2D eigenvalue weighted by Gasteiger charge is 2.49. The van der Waals surface area contributed by atoms with E-state index in [4.69, 9.17) is 4.55 Å². The lowest BCUT2D eigenvalue weighted by Gasteiger charge is -2.33. The second kappa shape index (κ2) is 5.09. The molecular formula is C10H16N4O6S. The van der Waals surface area contributed by atoms with Crippen LogP contribution in [0.25, 0.3) is 0 Å². The molecule has 3 aliphatic heterocycles. The number of rotatable bonds is 4. The molecule has 3 fully saturated rings. The second-order valence-electron chi connectivity index (χ2n) is 5.37. The van der Waals surface area contributed by atoms with Gasteiger partial charge in [0.15, 0.2) is 0 Å². The molecule has 0 aromatic rings. The molecule has 3 amide bonds. The fraction of sp³-hybridized carbons (Fsp3) is 0.800. The van der Waals surface area contributed by atoms with Crippen LogP contribution >= 0.6 is 0 Å². The Bertz CT molecular complexity index is 562. The smallest absolute Gasteiger partial charge is 0.349 e. The van der Waals surface area contributed by atoms with Crippen LogP contribution in [0.15, 0.2) is 0 Å². The number of hydrogen-bond acceptors (Lipinski definition) is 6. The molecule has 0 spiro atoms. The number of hydrogen-bond donors (Lipinski definition) is 3. The van der Waals surface area contributed by atoms with Crippen LogP contribution in [-0.4, -0.2) is 72.6 Å². The first-order valence-corrected chi connectivity index (χ1v) is 7.99. The minimum Gasteiger partial charge on any atom is -0.349 e. The largest absolute Gasteiger partial charge is 0.418 e. The Balaban J connectivity index is 1.68. The lowest BCUT2D eigenvalue weighted by molar-refractivity contribution is -0.127. The Morgan fingerprint density at radius 1 is 1.38 bits per heavy atom. The number of amides is 3. The summed E-state index contributed by atoms with van der Waals surface area (Å²) in [4.78, 5) is 25.6. The van der Waals surface area contributed by atoms with E-state index >= 15 is 0 Å². The number of nitrogens with one attached hydrogen (secondary N) is 2. The average molecular weight is 320 g/mol. The van der Waals surface area contributed by atoms with Gasteiger partial charge in [0, 0.05) is 19.6 Å². The minimum absolute atomic E-state index is 0.0677. The number of fused-ring (bicyclic) bond motifs is 2. The number of nitrogens with zero attached hydrogens (tertiary/aromatic N) is 2. The average Bonchev–Trinajstić information content (AvgIpc) is 2.58. The molecule has 10 nitrogen and oxygen atoms in total. The molecule has 11 heteroatoms. The number of hydroxylamine groups is 2. The van der Waals surface area contributed by atoms with Crippen LogP contribution in [0.1, 0.15) is 12.8 Å². The van der Waals surface area contributed by atoms with Crippen LogP contribution in [0.2, 0.25) is 0 Å². The summed E-state index contributed by atoms with van der Waals surface area (Å²) in [6.45, 7) is 1.61. The van der Waals surface area contributed by atoms with Crippen LogP contribution in [0.5, 0.6) is 0 Å². The number of carbonyl (C=O) groups excluding carboxylic acids is 2. The maximum atomic E-state index is 12.2. The van der Waals surface area contributed by atoms with Gasteiger partial charge in [-0.2, -0.15) is 13.5 Å². The molecule has 2 atom stereocenters. The fourth-order valence-electron chi connectivity index (χ4n) is 2.79. The zero-order chi connectivity index (χ0) is 15.2. The molecule has 3 rings (SSSR count). The molecule has 21 heavy (non-hydrogen) atoms. The Morgan fingerprint density at radius 3 is 2.67 bits per heavy atom. The van der Waals surface area contributed by atoms with Crippen molar-refractivity contribution in [2.75, 3.05) is 19.6 Å². The van der Waals surface area contributed by atoms with E-state index < -0.39 is 28.5 Å². The van der Waals surface area contributed by atoms with Crippen LogP contribution < -0.4 is 10.6 Å². The van der Waals surface area contributed by atoms with Gasteiger partial charge in [0.1, 0.15) is 6.04 Å². The van der Waals surface area contributed by atoms with Crippen LogP contribution in [-0.2, 0) is 19.5 Å². The summed E-state index contributed by atoms with van der Waals surface area (Å²) in [7, 11) is -4.76. The Hall–Kier alpha value is -1.43. The van der Waals surface area contributed by atoms with Crippen molar-refractivity contribution in [3.63, 3.8) is 0 Å². The van der Waals surface area contributed by atoms with Gasteiger partial charge < -0.3 is 15.5 Å². The maximum Gasteiger partial charge on any atom is 0.418 e. The van der Waals surface area contributed by atoms with E-state index in [9.17, 15) is 18.0 Å². The lowest BCUT2D eigenvalue weighted by atomic mass is 9.99. The van der Waals surface area contributed by atoms with Gasteiger partial charge in [-0.3, -0.25) is 9.35 Å². The van der Waals surface area contributed by atoms with Crippen molar-refractivity contribution in [1.82, 2.24) is 20.6 Å². The highest BCUT2D eigenvalue weighted by atomic mass is 32.3. The van der Waals surface area contributed by atoms with Gasteiger partial charge in [0.05, 0.1) is 12.1 Å². The van der Waals surface area contributed by atoms with Crippen molar-refractivity contribution in [3.8, 4) is 0 Å². The van der Waals surface area contributed by atoms with Crippen molar-refractivity contribution in [1.29, 1.82) is 0 Å². The van der Waals surface area contributed by atoms with Gasteiger partial charge in [0.2, 0.25) is 5.91 Å². The second-order valence-corrected chi connectivity index (χ2v) is 6.38. The summed E-state index contributed by atoms with van der Waals surface area (Å²) < 4.78 is 34.5. The predicted octanol–water partition coefficient (Wildman–Crippen LogP) is -1.92. The summed E-state index contributed by atoms with van der Waals surface area (Å²) in [5.74, 6) is -0.248. The van der Waals surface area contributed by atoms with E-state index in [1.54, 1.807) is 0 Å². The zero-order valence-corrected chi connectivity index (χ0v) is 11.9. The molecule has 3 aliphatic rings. The molecule has 0 aliphatic carbocycles. The number of carbonyl (C=O) groups is 2. The highest BCUT2D eigenvalue weighted by Crippen LogP contribution is 2.30. The number of urea groups is 1. The normalized spacial score (nSPS) is 29.5. The molecule has 3 heterocycles. The van der Waals surface area contributed by atoms with E-state index in [2.05, 4.69) is 14.9 Å². The summed E-state index contributed by atoms with van der Waals surface area (Å²) in [6, 6.07) is -1.77. The molecule has 0 saturated carbocycles. The Labute approximate surface area is 121 Å². The predicted molar refractivity (Wildman–Crippen MR) is 68.2 cm³/mol. The summed E-state index contributed by atoms with van der Waals surface area (Å²) in [5.41, 5.74) is 0. The van der Waals surface area contributed by atoms with Gasteiger partial charge >= 0.3 is 16.4 Å². The van der Waals surface area contributed by atoms with Crippen molar-refractivity contribution >= 4 is 22.3 Å². The van der Waals surface area contributed by atoms with Gasteiger partial charge in [-0.25, -0.2) is 4.79 Å². The third-order valence-corrected chi connectivity index (χ3v) is 4.28. The molecule has 0 aromatic carbocycles. The van der Waals surface area contributed by atoms with Crippen LogP contribution in [0, 0.1) is 0 Å². The topological polar surface area (TPSA) is 128 Å². The summed E-state index contributed by atoms with van der Waals surface area (Å²) in [5, 5.41) is 6.49. The van der Waals surface area contributed by atoms with Crippen molar-refractivity contribution in [2.45, 2.75) is 31.0 Å². The van der Waals surface area contributed by atoms with E-state index in [1.807, 2.05) is 0 Å². The summed E-state index contributed by atoms with van der Waals surface area (Å²) in [6.07, 6.45) is 0.854. The van der Waals surface area contributed by atoms with Crippen LogP contribution in [0.4, 0.5) is 4.79 Å². The van der Waals surface area contributed by atoms with E-state index in [1.165, 1.54) is 4.90 Å². The standard InChI is InChI=1S/C10H16N4O6S/c15-9(12-6-3-11-4-6)8-2-1-7-5-13(8)10(16)14(7)20-21(17,18)19/h6-8,11H,1-5H2,(H,12,15)(H,17,18,19)/t7?,8-/m0/s1. The van der Waals surface area contributed by atoms with Crippen molar-refractivity contribution in [2.24, 2.45) is 0 Å². The quantitative estimate of drug-likeness (QED) is 0.515. The molecule has 0 aromatic heterocycles. The first-order chi connectivity index (χ1) is 9.85. The first kappa shape index (κ1) is 14.5. The van der Waals surface area contributed by atoms with Crippen molar-refractivity contribution < 1.29 is 26.8 Å². The zero-order valence-electron chi connectivity index (χ0n) is 11.1. The molecular weight excluding hydrogens is 304 g/mol. The van der Waals surface area contributed by atoms with Gasteiger partial charge in [0.25, 0.3) is 0 Å². The minimum atomic E-state index is -4.76. The molecule has 0 radical (unpaired) electrons. The van der Waals surface area contributed by atoms with E-state index in [0.717, 1.165) is 0 Å². The Kier molecular flexibility index (Phi) is 3.51. The summed E-state index contributed by atoms with van der Waals surface area (Å²) >= 11 is 0. The van der Waals surface area contributed by atoms with E-state index in [-0.39, 0.29) is 18.5 Å². The third-order valence-electron chi connectivity index (χ3n) is 3.93. The van der Waals surface area contributed by atoms with Gasteiger partial charge in [-0.05, 0) is 12.8 Å². The Morgan fingerprint density at radius 2 is 2.10 bits per heavy atom. The molecule has 118 valence electrons. The third kappa shape index (κ3) is 2.81. The molecule has 1 unspecified atom stereocenters. The van der Waals surface area contributed by atoms with Crippen LogP contribution in [0.3, 0.4) is 0 Å². The molecule has 2 bridgehead atoms. The number of piperidine rings is 1. The molecule has 3 saturated heterocycles. The SMILES string of the molecule is O=C(NC1CNC1)[C@@H]1CCC2CN1C(=O)N2OS(=O)(=O)O. The monoisotopic (exact) mass is 320 g/mol. The first-order valence-electron chi connectivity index (χ1n) is 6.63. The van der Waals surface area contributed by atoms with Gasteiger partial charge in [-0.1, -0.05) is 0 Å². The lowest BCUT2D eigenvalue weighted by Crippen LogP contribution is -2.61. The van der Waals surface area contributed by atoms with Gasteiger partial charge in [-0.15, -0.1) is 4.28 Å². The maximum absolute atomic E-state index is 12.2.